The molecule has 2 nitrogen and oxygen atoms in total. The molecule has 1 aromatic carbocycles. The normalized spacial score (nSPS) is 25.0. The summed E-state index contributed by atoms with van der Waals surface area (Å²) in [6.07, 6.45) is 1.29. The van der Waals surface area contributed by atoms with Crippen molar-refractivity contribution in [3.8, 4) is 5.75 Å². The first-order chi connectivity index (χ1) is 6.66. The summed E-state index contributed by atoms with van der Waals surface area (Å²) < 4.78 is 0.764. The molecule has 14 heavy (non-hydrogen) atoms. The van der Waals surface area contributed by atoms with Gasteiger partial charge in [-0.1, -0.05) is 13.0 Å². The second-order valence-electron chi connectivity index (χ2n) is 3.99. The van der Waals surface area contributed by atoms with Gasteiger partial charge < -0.3 is 10.4 Å². The van der Waals surface area contributed by atoms with Crippen molar-refractivity contribution in [1.29, 1.82) is 0 Å². The molecule has 1 aliphatic rings. The Morgan fingerprint density at radius 1 is 1.57 bits per heavy atom. The summed E-state index contributed by atoms with van der Waals surface area (Å²) in [7, 11) is 0. The van der Waals surface area contributed by atoms with E-state index < -0.39 is 0 Å². The van der Waals surface area contributed by atoms with Crippen molar-refractivity contribution in [3.63, 3.8) is 0 Å². The zero-order valence-corrected chi connectivity index (χ0v) is 9.71. The summed E-state index contributed by atoms with van der Waals surface area (Å²) in [6, 6.07) is 6.31. The standard InChI is InChI=1S/C11H14BrNO/c1-7-4-10(7)13-6-8-2-3-11(14)9(12)5-8/h2-3,5,7,10,13-14H,4,6H2,1H3. The number of aromatic hydroxyl groups is 1. The van der Waals surface area contributed by atoms with Crippen molar-refractivity contribution in [2.24, 2.45) is 5.92 Å². The molecule has 0 aliphatic heterocycles. The van der Waals surface area contributed by atoms with Crippen LogP contribution in [0.15, 0.2) is 22.7 Å². The van der Waals surface area contributed by atoms with Crippen LogP contribution in [0.5, 0.6) is 5.75 Å². The SMILES string of the molecule is CC1CC1NCc1ccc(O)c(Br)c1. The van der Waals surface area contributed by atoms with E-state index in [0.717, 1.165) is 16.9 Å². The molecule has 0 spiro atoms. The van der Waals surface area contributed by atoms with Gasteiger partial charge in [-0.3, -0.25) is 0 Å². The Labute approximate surface area is 92.5 Å². The van der Waals surface area contributed by atoms with E-state index in [2.05, 4.69) is 28.2 Å². The molecule has 1 aliphatic carbocycles. The third-order valence-electron chi connectivity index (χ3n) is 2.69. The second kappa shape index (κ2) is 3.91. The van der Waals surface area contributed by atoms with Gasteiger partial charge in [0.1, 0.15) is 5.75 Å². The largest absolute Gasteiger partial charge is 0.507 e. The molecule has 2 N–H and O–H groups in total. The van der Waals surface area contributed by atoms with Crippen LogP contribution < -0.4 is 5.32 Å². The van der Waals surface area contributed by atoms with Crippen LogP contribution >= 0.6 is 15.9 Å². The first kappa shape index (κ1) is 9.99. The average molecular weight is 256 g/mol. The van der Waals surface area contributed by atoms with Crippen molar-refractivity contribution >= 4 is 15.9 Å². The van der Waals surface area contributed by atoms with E-state index in [9.17, 15) is 5.11 Å². The number of benzene rings is 1. The van der Waals surface area contributed by atoms with Crippen LogP contribution in [0.25, 0.3) is 0 Å². The summed E-state index contributed by atoms with van der Waals surface area (Å²) in [6.45, 7) is 3.14. The van der Waals surface area contributed by atoms with E-state index in [1.807, 2.05) is 12.1 Å². The molecule has 76 valence electrons. The summed E-state index contributed by atoms with van der Waals surface area (Å²) in [5.41, 5.74) is 1.20. The maximum atomic E-state index is 9.31. The Kier molecular flexibility index (Phi) is 2.79. The number of hydrogen-bond acceptors (Lipinski definition) is 2. The molecule has 2 atom stereocenters. The molecular formula is C11H14BrNO. The third kappa shape index (κ3) is 2.28. The molecule has 2 unspecified atom stereocenters. The van der Waals surface area contributed by atoms with E-state index in [1.54, 1.807) is 6.07 Å². The number of nitrogens with one attached hydrogen (secondary N) is 1. The average Bonchev–Trinajstić information content (AvgIpc) is 2.85. The number of phenols is 1. The van der Waals surface area contributed by atoms with Crippen molar-refractivity contribution < 1.29 is 5.11 Å². The van der Waals surface area contributed by atoms with Gasteiger partial charge in [0.2, 0.25) is 0 Å². The fraction of sp³-hybridized carbons (Fsp3) is 0.455. The lowest BCUT2D eigenvalue weighted by atomic mass is 10.2. The smallest absolute Gasteiger partial charge is 0.129 e. The summed E-state index contributed by atoms with van der Waals surface area (Å²) in [4.78, 5) is 0. The Hall–Kier alpha value is -0.540. The quantitative estimate of drug-likeness (QED) is 0.871. The molecule has 0 bridgehead atoms. The molecule has 0 amide bonds. The minimum atomic E-state index is 0.300. The van der Waals surface area contributed by atoms with Crippen LogP contribution in [0.2, 0.25) is 0 Å². The maximum Gasteiger partial charge on any atom is 0.129 e. The minimum Gasteiger partial charge on any atom is -0.507 e. The van der Waals surface area contributed by atoms with Gasteiger partial charge in [0.25, 0.3) is 0 Å². The predicted octanol–water partition coefficient (Wildman–Crippen LogP) is 2.65. The first-order valence-electron chi connectivity index (χ1n) is 4.87. The second-order valence-corrected chi connectivity index (χ2v) is 4.84. The van der Waals surface area contributed by atoms with Crippen LogP contribution in [0.4, 0.5) is 0 Å². The zero-order valence-electron chi connectivity index (χ0n) is 8.13. The van der Waals surface area contributed by atoms with Crippen molar-refractivity contribution in [1.82, 2.24) is 5.32 Å². The topological polar surface area (TPSA) is 32.3 Å². The van der Waals surface area contributed by atoms with E-state index in [4.69, 9.17) is 0 Å². The zero-order chi connectivity index (χ0) is 10.1. The highest BCUT2D eigenvalue weighted by Gasteiger charge is 2.31. The highest BCUT2D eigenvalue weighted by Crippen LogP contribution is 2.30. The lowest BCUT2D eigenvalue weighted by molar-refractivity contribution is 0.471. The van der Waals surface area contributed by atoms with Crippen molar-refractivity contribution in [2.75, 3.05) is 0 Å². The lowest BCUT2D eigenvalue weighted by Crippen LogP contribution is -2.16. The van der Waals surface area contributed by atoms with Crippen molar-refractivity contribution in [3.05, 3.63) is 28.2 Å². The van der Waals surface area contributed by atoms with E-state index in [1.165, 1.54) is 12.0 Å². The van der Waals surface area contributed by atoms with Crippen LogP contribution in [0, 0.1) is 5.92 Å². The van der Waals surface area contributed by atoms with Gasteiger partial charge in [0.05, 0.1) is 4.47 Å². The highest BCUT2D eigenvalue weighted by molar-refractivity contribution is 9.10. The number of halogens is 1. The molecule has 2 rings (SSSR count). The summed E-state index contributed by atoms with van der Waals surface area (Å²) in [5.74, 6) is 1.13. The van der Waals surface area contributed by atoms with Gasteiger partial charge in [0, 0.05) is 12.6 Å². The molecule has 0 radical (unpaired) electrons. The predicted molar refractivity (Wildman–Crippen MR) is 60.2 cm³/mol. The molecule has 0 heterocycles. The Morgan fingerprint density at radius 2 is 2.29 bits per heavy atom. The molecule has 0 saturated heterocycles. The van der Waals surface area contributed by atoms with Gasteiger partial charge in [-0.05, 0) is 46.0 Å². The number of rotatable bonds is 3. The monoisotopic (exact) mass is 255 g/mol. The van der Waals surface area contributed by atoms with Crippen molar-refractivity contribution in [2.45, 2.75) is 25.9 Å². The van der Waals surface area contributed by atoms with Gasteiger partial charge in [-0.15, -0.1) is 0 Å². The first-order valence-corrected chi connectivity index (χ1v) is 5.67. The molecule has 1 aromatic rings. The summed E-state index contributed by atoms with van der Waals surface area (Å²) in [5, 5.41) is 12.8. The Morgan fingerprint density at radius 3 is 2.86 bits per heavy atom. The van der Waals surface area contributed by atoms with Gasteiger partial charge in [-0.2, -0.15) is 0 Å². The molecule has 0 aromatic heterocycles. The highest BCUT2D eigenvalue weighted by atomic mass is 79.9. The Balaban J connectivity index is 1.92. The number of phenolic OH excluding ortho intramolecular Hbond substituents is 1. The van der Waals surface area contributed by atoms with Crippen LogP contribution in [0.1, 0.15) is 18.9 Å². The lowest BCUT2D eigenvalue weighted by Gasteiger charge is -2.04. The fourth-order valence-electron chi connectivity index (χ4n) is 1.52. The van der Waals surface area contributed by atoms with E-state index in [-0.39, 0.29) is 0 Å². The van der Waals surface area contributed by atoms with Gasteiger partial charge in [0.15, 0.2) is 0 Å². The Bertz CT molecular complexity index is 340. The molecule has 1 fully saturated rings. The fourth-order valence-corrected chi connectivity index (χ4v) is 1.94. The van der Waals surface area contributed by atoms with Crippen LogP contribution in [0.3, 0.4) is 0 Å². The molecular weight excluding hydrogens is 242 g/mol. The minimum absolute atomic E-state index is 0.300. The molecule has 3 heteroatoms. The summed E-state index contributed by atoms with van der Waals surface area (Å²) >= 11 is 3.30. The van der Waals surface area contributed by atoms with Gasteiger partial charge >= 0.3 is 0 Å². The third-order valence-corrected chi connectivity index (χ3v) is 3.33. The van der Waals surface area contributed by atoms with Gasteiger partial charge in [-0.25, -0.2) is 0 Å². The van der Waals surface area contributed by atoms with E-state index in [0.29, 0.717) is 11.8 Å². The maximum absolute atomic E-state index is 9.31. The number of hydrogen-bond donors (Lipinski definition) is 2. The molecule has 1 saturated carbocycles. The van der Waals surface area contributed by atoms with Crippen LogP contribution in [-0.2, 0) is 6.54 Å². The van der Waals surface area contributed by atoms with Crippen LogP contribution in [-0.4, -0.2) is 11.1 Å². The van der Waals surface area contributed by atoms with E-state index >= 15 is 0 Å².